The van der Waals surface area contributed by atoms with E-state index in [1.54, 1.807) is 28.4 Å². The van der Waals surface area contributed by atoms with Crippen molar-refractivity contribution in [1.29, 1.82) is 0 Å². The van der Waals surface area contributed by atoms with E-state index >= 15 is 0 Å². The average Bonchev–Trinajstić information content (AvgIpc) is 3.19. The maximum absolute atomic E-state index is 12.1. The van der Waals surface area contributed by atoms with Gasteiger partial charge in [0, 0.05) is 17.1 Å². The molecule has 3 aromatic rings. The highest BCUT2D eigenvalue weighted by Crippen LogP contribution is 2.18. The molecule has 2 heterocycles. The number of ether oxygens (including phenoxy) is 1. The van der Waals surface area contributed by atoms with E-state index in [4.69, 9.17) is 4.74 Å². The summed E-state index contributed by atoms with van der Waals surface area (Å²) in [6.07, 6.45) is 3.39. The molecule has 0 saturated heterocycles. The maximum Gasteiger partial charge on any atom is 0.230 e. The Kier molecular flexibility index (Phi) is 5.17. The van der Waals surface area contributed by atoms with Crippen LogP contribution in [0.15, 0.2) is 42.3 Å². The molecule has 0 fully saturated rings. The van der Waals surface area contributed by atoms with Gasteiger partial charge in [0.25, 0.3) is 0 Å². The van der Waals surface area contributed by atoms with E-state index in [-0.39, 0.29) is 12.3 Å². The normalized spacial score (nSPS) is 10.5. The molecule has 1 N–H and O–H groups in total. The Balaban J connectivity index is 1.51. The summed E-state index contributed by atoms with van der Waals surface area (Å²) >= 11 is 1.54. The third-order valence-electron chi connectivity index (χ3n) is 3.18. The molecule has 0 spiro atoms. The van der Waals surface area contributed by atoms with Gasteiger partial charge in [0.05, 0.1) is 23.7 Å². The van der Waals surface area contributed by atoms with Crippen molar-refractivity contribution in [3.63, 3.8) is 0 Å². The zero-order valence-electron chi connectivity index (χ0n) is 13.2. The molecule has 0 atom stereocenters. The molecule has 0 bridgehead atoms. The fraction of sp³-hybridized carbons (Fsp3) is 0.250. The van der Waals surface area contributed by atoms with Crippen molar-refractivity contribution in [2.45, 2.75) is 19.9 Å². The quantitative estimate of drug-likeness (QED) is 0.712. The van der Waals surface area contributed by atoms with Crippen molar-refractivity contribution >= 4 is 22.9 Å². The van der Waals surface area contributed by atoms with Crippen LogP contribution in [-0.2, 0) is 17.8 Å². The molecule has 0 radical (unpaired) electrons. The van der Waals surface area contributed by atoms with E-state index in [9.17, 15) is 4.79 Å². The number of aromatic nitrogens is 4. The van der Waals surface area contributed by atoms with E-state index in [0.717, 1.165) is 10.7 Å². The second-order valence-electron chi connectivity index (χ2n) is 5.12. The van der Waals surface area contributed by atoms with E-state index in [1.165, 1.54) is 6.33 Å². The van der Waals surface area contributed by atoms with Crippen molar-refractivity contribution < 1.29 is 9.53 Å². The molecular formula is C16H17N5O2S. The lowest BCUT2D eigenvalue weighted by Gasteiger charge is -2.09. The predicted octanol–water partition coefficient (Wildman–Crippen LogP) is 2.30. The summed E-state index contributed by atoms with van der Waals surface area (Å²) in [5.41, 5.74) is 1.49. The van der Waals surface area contributed by atoms with Crippen LogP contribution in [0.3, 0.4) is 0 Å². The number of anilines is 1. The van der Waals surface area contributed by atoms with Gasteiger partial charge in [-0.2, -0.15) is 5.10 Å². The number of carbonyl (C=O) groups is 1. The summed E-state index contributed by atoms with van der Waals surface area (Å²) in [6, 6.07) is 7.31. The number of thiazole rings is 1. The van der Waals surface area contributed by atoms with Crippen LogP contribution in [0.2, 0.25) is 0 Å². The van der Waals surface area contributed by atoms with Crippen LogP contribution < -0.4 is 10.1 Å². The second kappa shape index (κ2) is 7.69. The summed E-state index contributed by atoms with van der Waals surface area (Å²) in [5.74, 6) is 0.595. The molecule has 0 unspecified atom stereocenters. The highest BCUT2D eigenvalue weighted by atomic mass is 32.1. The zero-order valence-corrected chi connectivity index (χ0v) is 14.0. The lowest BCUT2D eigenvalue weighted by molar-refractivity contribution is -0.115. The monoisotopic (exact) mass is 343 g/mol. The van der Waals surface area contributed by atoms with Crippen molar-refractivity contribution in [2.75, 3.05) is 11.9 Å². The maximum atomic E-state index is 12.1. The summed E-state index contributed by atoms with van der Waals surface area (Å²) in [6.45, 7) is 3.00. The fourth-order valence-electron chi connectivity index (χ4n) is 2.13. The van der Waals surface area contributed by atoms with Gasteiger partial charge in [-0.3, -0.25) is 4.79 Å². The molecule has 7 nitrogen and oxygen atoms in total. The molecule has 0 aliphatic heterocycles. The van der Waals surface area contributed by atoms with E-state index < -0.39 is 0 Å². The Morgan fingerprint density at radius 2 is 2.33 bits per heavy atom. The largest absolute Gasteiger partial charge is 0.492 e. The molecule has 24 heavy (non-hydrogen) atoms. The second-order valence-corrected chi connectivity index (χ2v) is 6.18. The standard InChI is InChI=1S/C16H17N5O2S/c1-12-19-14(9-24-12)8-16(22)20-13-3-2-4-15(7-13)23-6-5-21-11-17-10-18-21/h2-4,7,9-11H,5-6,8H2,1H3,(H,20,22). The number of carbonyl (C=O) groups excluding carboxylic acids is 1. The van der Waals surface area contributed by atoms with E-state index in [2.05, 4.69) is 20.4 Å². The number of amides is 1. The van der Waals surface area contributed by atoms with Gasteiger partial charge in [0.2, 0.25) is 5.91 Å². The number of benzene rings is 1. The Morgan fingerprint density at radius 1 is 1.42 bits per heavy atom. The highest BCUT2D eigenvalue weighted by molar-refractivity contribution is 7.09. The summed E-state index contributed by atoms with van der Waals surface area (Å²) in [7, 11) is 0. The average molecular weight is 343 g/mol. The number of nitrogens with one attached hydrogen (secondary N) is 1. The van der Waals surface area contributed by atoms with Gasteiger partial charge in [0.1, 0.15) is 25.0 Å². The number of aryl methyl sites for hydroxylation is 1. The minimum absolute atomic E-state index is 0.0972. The number of nitrogens with zero attached hydrogens (tertiary/aromatic N) is 4. The summed E-state index contributed by atoms with van der Waals surface area (Å²) in [4.78, 5) is 20.2. The van der Waals surface area contributed by atoms with Crippen molar-refractivity contribution in [3.05, 3.63) is 53.0 Å². The molecule has 0 aliphatic rings. The SMILES string of the molecule is Cc1nc(CC(=O)Nc2cccc(OCCn3cncn3)c2)cs1. The van der Waals surface area contributed by atoms with Crippen LogP contribution in [0.25, 0.3) is 0 Å². The molecule has 2 aromatic heterocycles. The predicted molar refractivity (Wildman–Crippen MR) is 91.1 cm³/mol. The number of hydrogen-bond acceptors (Lipinski definition) is 6. The summed E-state index contributed by atoms with van der Waals surface area (Å²) < 4.78 is 7.37. The topological polar surface area (TPSA) is 81.9 Å². The van der Waals surface area contributed by atoms with Gasteiger partial charge >= 0.3 is 0 Å². The van der Waals surface area contributed by atoms with Crippen LogP contribution in [0.5, 0.6) is 5.75 Å². The van der Waals surface area contributed by atoms with Crippen molar-refractivity contribution in [3.8, 4) is 5.75 Å². The summed E-state index contributed by atoms with van der Waals surface area (Å²) in [5, 5.41) is 9.73. The minimum Gasteiger partial charge on any atom is -0.492 e. The third kappa shape index (κ3) is 4.63. The Hall–Kier alpha value is -2.74. The third-order valence-corrected chi connectivity index (χ3v) is 4.00. The van der Waals surface area contributed by atoms with Gasteiger partial charge in [-0.25, -0.2) is 14.6 Å². The van der Waals surface area contributed by atoms with Crippen LogP contribution in [0.1, 0.15) is 10.7 Å². The molecule has 1 aromatic carbocycles. The molecule has 0 saturated carbocycles. The highest BCUT2D eigenvalue weighted by Gasteiger charge is 2.07. The Morgan fingerprint density at radius 3 is 3.08 bits per heavy atom. The smallest absolute Gasteiger partial charge is 0.230 e. The molecule has 1 amide bonds. The Bertz CT molecular complexity index is 800. The van der Waals surface area contributed by atoms with Crippen LogP contribution in [0.4, 0.5) is 5.69 Å². The van der Waals surface area contributed by atoms with Gasteiger partial charge < -0.3 is 10.1 Å². The first-order valence-electron chi connectivity index (χ1n) is 7.45. The number of rotatable bonds is 7. The molecule has 124 valence electrons. The first-order valence-corrected chi connectivity index (χ1v) is 8.33. The fourth-order valence-corrected chi connectivity index (χ4v) is 2.74. The minimum atomic E-state index is -0.0972. The molecule has 8 heteroatoms. The lowest BCUT2D eigenvalue weighted by Crippen LogP contribution is -2.14. The van der Waals surface area contributed by atoms with Gasteiger partial charge in [-0.15, -0.1) is 11.3 Å². The van der Waals surface area contributed by atoms with Gasteiger partial charge in [0.15, 0.2) is 0 Å². The first kappa shape index (κ1) is 16.1. The zero-order chi connectivity index (χ0) is 16.8. The van der Waals surface area contributed by atoms with Gasteiger partial charge in [-0.1, -0.05) is 6.07 Å². The molecule has 0 aliphatic carbocycles. The van der Waals surface area contributed by atoms with Crippen LogP contribution in [0, 0.1) is 6.92 Å². The van der Waals surface area contributed by atoms with Crippen molar-refractivity contribution in [1.82, 2.24) is 19.7 Å². The van der Waals surface area contributed by atoms with Crippen LogP contribution >= 0.6 is 11.3 Å². The lowest BCUT2D eigenvalue weighted by atomic mass is 10.2. The molecule has 3 rings (SSSR count). The van der Waals surface area contributed by atoms with E-state index in [1.807, 2.05) is 30.5 Å². The Labute approximate surface area is 143 Å². The van der Waals surface area contributed by atoms with Crippen molar-refractivity contribution in [2.24, 2.45) is 0 Å². The number of hydrogen-bond donors (Lipinski definition) is 1. The van der Waals surface area contributed by atoms with Gasteiger partial charge in [-0.05, 0) is 19.1 Å². The van der Waals surface area contributed by atoms with E-state index in [0.29, 0.717) is 24.6 Å². The first-order chi connectivity index (χ1) is 11.7. The van der Waals surface area contributed by atoms with Crippen LogP contribution in [-0.4, -0.2) is 32.3 Å². The molecular weight excluding hydrogens is 326 g/mol.